The fourth-order valence-electron chi connectivity index (χ4n) is 2.63. The SMILES string of the molecule is COCCn1nc(CNC(=O)c2ccc(F)cc2)c2ccccc2c1=O. The first-order chi connectivity index (χ1) is 12.6. The van der Waals surface area contributed by atoms with Crippen LogP contribution in [0.2, 0.25) is 0 Å². The zero-order chi connectivity index (χ0) is 18.5. The molecule has 0 saturated heterocycles. The first-order valence-electron chi connectivity index (χ1n) is 8.11. The summed E-state index contributed by atoms with van der Waals surface area (Å²) < 4.78 is 19.3. The molecule has 7 heteroatoms. The minimum Gasteiger partial charge on any atom is -0.383 e. The van der Waals surface area contributed by atoms with Crippen LogP contribution in [0, 0.1) is 5.82 Å². The van der Waals surface area contributed by atoms with Gasteiger partial charge in [0.2, 0.25) is 0 Å². The Morgan fingerprint density at radius 3 is 2.54 bits per heavy atom. The van der Waals surface area contributed by atoms with E-state index in [2.05, 4.69) is 10.4 Å². The Morgan fingerprint density at radius 1 is 1.15 bits per heavy atom. The standard InChI is InChI=1S/C19H18FN3O3/c1-26-11-10-23-19(25)16-5-3-2-4-15(16)17(22-23)12-21-18(24)13-6-8-14(20)9-7-13/h2-9H,10-12H2,1H3,(H,21,24). The van der Waals surface area contributed by atoms with Crippen LogP contribution in [0.25, 0.3) is 10.8 Å². The number of fused-ring (bicyclic) bond motifs is 1. The number of rotatable bonds is 6. The summed E-state index contributed by atoms with van der Waals surface area (Å²) in [5.41, 5.74) is 0.724. The average Bonchev–Trinajstić information content (AvgIpc) is 2.67. The maximum absolute atomic E-state index is 13.0. The molecule has 1 aromatic heterocycles. The molecule has 0 atom stereocenters. The first-order valence-corrected chi connectivity index (χ1v) is 8.11. The van der Waals surface area contributed by atoms with E-state index in [-0.39, 0.29) is 18.0 Å². The third-order valence-electron chi connectivity index (χ3n) is 3.97. The number of nitrogens with zero attached hydrogens (tertiary/aromatic N) is 2. The van der Waals surface area contributed by atoms with Gasteiger partial charge in [0.15, 0.2) is 0 Å². The molecule has 2 aromatic carbocycles. The smallest absolute Gasteiger partial charge is 0.274 e. The van der Waals surface area contributed by atoms with Crippen molar-refractivity contribution in [1.82, 2.24) is 15.1 Å². The summed E-state index contributed by atoms with van der Waals surface area (Å²) in [6.45, 7) is 0.815. The molecule has 3 aromatic rings. The number of aromatic nitrogens is 2. The summed E-state index contributed by atoms with van der Waals surface area (Å²) in [5, 5.41) is 8.34. The Labute approximate surface area is 149 Å². The molecule has 0 aliphatic carbocycles. The van der Waals surface area contributed by atoms with Crippen molar-refractivity contribution in [3.05, 3.63) is 76.0 Å². The van der Waals surface area contributed by atoms with Gasteiger partial charge >= 0.3 is 0 Å². The average molecular weight is 355 g/mol. The predicted octanol–water partition coefficient (Wildman–Crippen LogP) is 2.11. The highest BCUT2D eigenvalue weighted by Gasteiger charge is 2.12. The van der Waals surface area contributed by atoms with Gasteiger partial charge in [-0.1, -0.05) is 18.2 Å². The van der Waals surface area contributed by atoms with Gasteiger partial charge in [-0.3, -0.25) is 9.59 Å². The highest BCUT2D eigenvalue weighted by atomic mass is 19.1. The van der Waals surface area contributed by atoms with E-state index in [1.807, 2.05) is 6.07 Å². The quantitative estimate of drug-likeness (QED) is 0.735. The Morgan fingerprint density at radius 2 is 1.85 bits per heavy atom. The van der Waals surface area contributed by atoms with Gasteiger partial charge in [0.25, 0.3) is 11.5 Å². The van der Waals surface area contributed by atoms with Crippen LogP contribution in [0.3, 0.4) is 0 Å². The van der Waals surface area contributed by atoms with Crippen LogP contribution in [0.1, 0.15) is 16.1 Å². The van der Waals surface area contributed by atoms with Crippen LogP contribution < -0.4 is 10.9 Å². The number of carbonyl (C=O) groups is 1. The van der Waals surface area contributed by atoms with Crippen LogP contribution in [0.5, 0.6) is 0 Å². The van der Waals surface area contributed by atoms with Crippen LogP contribution >= 0.6 is 0 Å². The van der Waals surface area contributed by atoms with E-state index in [9.17, 15) is 14.0 Å². The van der Waals surface area contributed by atoms with Crippen molar-refractivity contribution < 1.29 is 13.9 Å². The topological polar surface area (TPSA) is 73.2 Å². The Kier molecular flexibility index (Phi) is 5.38. The number of methoxy groups -OCH3 is 1. The van der Waals surface area contributed by atoms with Crippen LogP contribution in [0.15, 0.2) is 53.3 Å². The van der Waals surface area contributed by atoms with Crippen molar-refractivity contribution >= 4 is 16.7 Å². The minimum absolute atomic E-state index is 0.143. The molecule has 0 spiro atoms. The molecule has 0 aliphatic rings. The van der Waals surface area contributed by atoms with E-state index in [1.165, 1.54) is 28.9 Å². The lowest BCUT2D eigenvalue weighted by atomic mass is 10.1. The molecule has 1 amide bonds. The van der Waals surface area contributed by atoms with E-state index >= 15 is 0 Å². The van der Waals surface area contributed by atoms with Gasteiger partial charge in [-0.25, -0.2) is 9.07 Å². The molecule has 0 aliphatic heterocycles. The summed E-state index contributed by atoms with van der Waals surface area (Å²) in [6.07, 6.45) is 0. The molecule has 134 valence electrons. The first kappa shape index (κ1) is 17.8. The summed E-state index contributed by atoms with van der Waals surface area (Å²) in [6, 6.07) is 12.4. The highest BCUT2D eigenvalue weighted by Crippen LogP contribution is 2.13. The maximum atomic E-state index is 13.0. The van der Waals surface area contributed by atoms with Crippen molar-refractivity contribution in [3.63, 3.8) is 0 Å². The lowest BCUT2D eigenvalue weighted by Crippen LogP contribution is -2.29. The minimum atomic E-state index is -0.403. The van der Waals surface area contributed by atoms with Crippen molar-refractivity contribution in [2.24, 2.45) is 0 Å². The van der Waals surface area contributed by atoms with E-state index < -0.39 is 5.82 Å². The molecule has 3 rings (SSSR count). The molecule has 0 bridgehead atoms. The Balaban J connectivity index is 1.88. The number of hydrogen-bond acceptors (Lipinski definition) is 4. The van der Waals surface area contributed by atoms with E-state index in [0.29, 0.717) is 35.2 Å². The molecular weight excluding hydrogens is 337 g/mol. The zero-order valence-electron chi connectivity index (χ0n) is 14.2. The number of hydrogen-bond donors (Lipinski definition) is 1. The number of carbonyl (C=O) groups excluding carboxylic acids is 1. The van der Waals surface area contributed by atoms with Gasteiger partial charge in [0.05, 0.1) is 30.8 Å². The number of amides is 1. The molecule has 6 nitrogen and oxygen atoms in total. The molecule has 26 heavy (non-hydrogen) atoms. The van der Waals surface area contributed by atoms with Gasteiger partial charge < -0.3 is 10.1 Å². The Hall–Kier alpha value is -3.06. The number of benzene rings is 2. The summed E-state index contributed by atoms with van der Waals surface area (Å²) in [4.78, 5) is 24.7. The molecular formula is C19H18FN3O3. The van der Waals surface area contributed by atoms with Crippen LogP contribution in [-0.4, -0.2) is 29.4 Å². The predicted molar refractivity (Wildman–Crippen MR) is 95.4 cm³/mol. The maximum Gasteiger partial charge on any atom is 0.274 e. The largest absolute Gasteiger partial charge is 0.383 e. The van der Waals surface area contributed by atoms with Crippen molar-refractivity contribution in [2.45, 2.75) is 13.1 Å². The molecule has 0 unspecified atom stereocenters. The monoisotopic (exact) mass is 355 g/mol. The van der Waals surface area contributed by atoms with E-state index in [4.69, 9.17) is 4.74 Å². The Bertz CT molecular complexity index is 983. The molecule has 0 saturated carbocycles. The van der Waals surface area contributed by atoms with Gasteiger partial charge in [0, 0.05) is 18.1 Å². The third-order valence-corrected chi connectivity index (χ3v) is 3.97. The molecule has 1 N–H and O–H groups in total. The zero-order valence-corrected chi connectivity index (χ0v) is 14.2. The molecule has 1 heterocycles. The second-order valence-electron chi connectivity index (χ2n) is 5.70. The van der Waals surface area contributed by atoms with Crippen molar-refractivity contribution in [2.75, 3.05) is 13.7 Å². The van der Waals surface area contributed by atoms with Gasteiger partial charge in [-0.15, -0.1) is 0 Å². The summed E-state index contributed by atoms with van der Waals surface area (Å²) in [5.74, 6) is -0.745. The van der Waals surface area contributed by atoms with Gasteiger partial charge in [-0.2, -0.15) is 5.10 Å². The number of ether oxygens (including phenoxy) is 1. The fourth-order valence-corrected chi connectivity index (χ4v) is 2.63. The molecule has 0 fully saturated rings. The third kappa shape index (κ3) is 3.78. The van der Waals surface area contributed by atoms with Crippen LogP contribution in [0.4, 0.5) is 4.39 Å². The lowest BCUT2D eigenvalue weighted by molar-refractivity contribution is 0.0950. The van der Waals surface area contributed by atoms with E-state index in [1.54, 1.807) is 25.3 Å². The van der Waals surface area contributed by atoms with Crippen molar-refractivity contribution in [3.8, 4) is 0 Å². The van der Waals surface area contributed by atoms with Crippen LogP contribution in [-0.2, 0) is 17.8 Å². The second-order valence-corrected chi connectivity index (χ2v) is 5.70. The number of nitrogens with one attached hydrogen (secondary N) is 1. The lowest BCUT2D eigenvalue weighted by Gasteiger charge is -2.11. The fraction of sp³-hybridized carbons (Fsp3) is 0.211. The summed E-state index contributed by atoms with van der Waals surface area (Å²) >= 11 is 0. The van der Waals surface area contributed by atoms with Crippen molar-refractivity contribution in [1.29, 1.82) is 0 Å². The van der Waals surface area contributed by atoms with Gasteiger partial charge in [-0.05, 0) is 30.3 Å². The molecule has 0 radical (unpaired) electrons. The normalized spacial score (nSPS) is 10.8. The second kappa shape index (κ2) is 7.88. The van der Waals surface area contributed by atoms with Gasteiger partial charge in [0.1, 0.15) is 5.82 Å². The van der Waals surface area contributed by atoms with E-state index in [0.717, 1.165) is 0 Å². The number of halogens is 1. The summed E-state index contributed by atoms with van der Waals surface area (Å²) in [7, 11) is 1.55. The highest BCUT2D eigenvalue weighted by molar-refractivity contribution is 5.94.